The maximum atomic E-state index is 12.5. The first-order valence-corrected chi connectivity index (χ1v) is 15.3. The zero-order chi connectivity index (χ0) is 28.6. The van der Waals surface area contributed by atoms with Gasteiger partial charge in [-0.3, -0.25) is 9.69 Å². The number of urea groups is 1. The molecule has 0 unspecified atom stereocenters. The lowest BCUT2D eigenvalue weighted by molar-refractivity contribution is -0.145. The molecule has 41 heavy (non-hydrogen) atoms. The second kappa shape index (κ2) is 14.0. The molecule has 2 aromatic carbocycles. The first kappa shape index (κ1) is 29.1. The Morgan fingerprint density at radius 3 is 2.32 bits per heavy atom. The van der Waals surface area contributed by atoms with Crippen molar-refractivity contribution in [3.63, 3.8) is 0 Å². The fraction of sp³-hybridized carbons (Fsp3) is 0.545. The van der Waals surface area contributed by atoms with E-state index in [-0.39, 0.29) is 24.0 Å². The van der Waals surface area contributed by atoms with Crippen LogP contribution in [0.4, 0.5) is 4.79 Å². The topological polar surface area (TPSA) is 109 Å². The highest BCUT2D eigenvalue weighted by Crippen LogP contribution is 2.38. The van der Waals surface area contributed by atoms with E-state index in [0.29, 0.717) is 23.9 Å². The number of amides is 2. The van der Waals surface area contributed by atoms with Crippen LogP contribution >= 0.6 is 0 Å². The molecule has 0 spiro atoms. The molecule has 0 bridgehead atoms. The predicted octanol–water partition coefficient (Wildman–Crippen LogP) is 4.57. The molecule has 5 rings (SSSR count). The minimum absolute atomic E-state index is 0.139. The quantitative estimate of drug-likeness (QED) is 0.417. The summed E-state index contributed by atoms with van der Waals surface area (Å²) in [6, 6.07) is 19.6. The predicted molar refractivity (Wildman–Crippen MR) is 158 cm³/mol. The highest BCUT2D eigenvalue weighted by molar-refractivity contribution is 5.74. The fourth-order valence-corrected chi connectivity index (χ4v) is 7.21. The second-order valence-corrected chi connectivity index (χ2v) is 12.1. The molecule has 3 fully saturated rings. The van der Waals surface area contributed by atoms with Gasteiger partial charge in [0.15, 0.2) is 0 Å². The maximum Gasteiger partial charge on any atom is 0.321 e. The Kier molecular flexibility index (Phi) is 9.92. The van der Waals surface area contributed by atoms with Crippen LogP contribution in [0.5, 0.6) is 0 Å². The molecule has 0 radical (unpaired) electrons. The van der Waals surface area contributed by atoms with Crippen molar-refractivity contribution in [2.75, 3.05) is 32.7 Å². The van der Waals surface area contributed by atoms with Gasteiger partial charge in [-0.2, -0.15) is 5.26 Å². The number of hydrogen-bond acceptors (Lipinski definition) is 5. The van der Waals surface area contributed by atoms with E-state index in [4.69, 9.17) is 5.26 Å². The summed E-state index contributed by atoms with van der Waals surface area (Å²) in [4.78, 5) is 29.8. The summed E-state index contributed by atoms with van der Waals surface area (Å²) >= 11 is 0. The molecule has 3 N–H and O–H groups in total. The number of nitrogens with zero attached hydrogens (tertiary/aromatic N) is 3. The number of nitrogens with one attached hydrogen (secondary N) is 2. The highest BCUT2D eigenvalue weighted by atomic mass is 16.4. The van der Waals surface area contributed by atoms with Crippen molar-refractivity contribution >= 4 is 12.0 Å². The van der Waals surface area contributed by atoms with Gasteiger partial charge in [0.25, 0.3) is 0 Å². The van der Waals surface area contributed by atoms with E-state index < -0.39 is 5.97 Å². The molecule has 8 nitrogen and oxygen atoms in total. The number of benzene rings is 2. The van der Waals surface area contributed by atoms with Gasteiger partial charge in [-0.05, 0) is 60.8 Å². The monoisotopic (exact) mass is 557 g/mol. The van der Waals surface area contributed by atoms with E-state index in [1.807, 2.05) is 18.2 Å². The average Bonchev–Trinajstić information content (AvgIpc) is 3.41. The van der Waals surface area contributed by atoms with Gasteiger partial charge in [-0.25, -0.2) is 4.79 Å². The van der Waals surface area contributed by atoms with E-state index >= 15 is 0 Å². The molecule has 2 aromatic rings. The minimum atomic E-state index is -0.659. The Labute approximate surface area is 243 Å². The zero-order valence-electron chi connectivity index (χ0n) is 23.9. The molecule has 3 aliphatic rings. The van der Waals surface area contributed by atoms with Gasteiger partial charge in [0.05, 0.1) is 11.6 Å². The lowest BCUT2D eigenvalue weighted by atomic mass is 9.83. The number of piperidine rings is 1. The van der Waals surface area contributed by atoms with Crippen LogP contribution in [-0.4, -0.2) is 71.7 Å². The van der Waals surface area contributed by atoms with Crippen molar-refractivity contribution in [1.29, 1.82) is 5.26 Å². The van der Waals surface area contributed by atoms with Crippen LogP contribution in [0.2, 0.25) is 0 Å². The number of carboxylic acid groups (broad SMARTS) is 1. The van der Waals surface area contributed by atoms with Crippen molar-refractivity contribution in [1.82, 2.24) is 20.4 Å². The third-order valence-corrected chi connectivity index (χ3v) is 9.39. The molecule has 0 aromatic heterocycles. The SMILES string of the molecule is N#Cc1ccc(CNC(=O)NC2CCN(C[C@H]3CN([C@@H](C(=O)O)C4CCCCC4)C[C@@H]3c3ccccc3)CC2)cc1. The Balaban J connectivity index is 1.14. The van der Waals surface area contributed by atoms with Gasteiger partial charge in [-0.15, -0.1) is 0 Å². The summed E-state index contributed by atoms with van der Waals surface area (Å²) in [7, 11) is 0. The van der Waals surface area contributed by atoms with Crippen molar-refractivity contribution in [3.05, 3.63) is 71.3 Å². The summed E-state index contributed by atoms with van der Waals surface area (Å²) in [5.41, 5.74) is 2.88. The fourth-order valence-electron chi connectivity index (χ4n) is 7.21. The van der Waals surface area contributed by atoms with Crippen LogP contribution in [0.15, 0.2) is 54.6 Å². The Morgan fingerprint density at radius 2 is 1.66 bits per heavy atom. The number of aliphatic carboxylic acids is 1. The number of carboxylic acids is 1. The van der Waals surface area contributed by atoms with Gasteiger partial charge in [0.1, 0.15) is 6.04 Å². The van der Waals surface area contributed by atoms with Crippen LogP contribution in [0, 0.1) is 23.2 Å². The molecule has 2 saturated heterocycles. The third-order valence-electron chi connectivity index (χ3n) is 9.39. The molecule has 218 valence electrons. The average molecular weight is 558 g/mol. The van der Waals surface area contributed by atoms with Crippen molar-refractivity contribution in [2.45, 2.75) is 69.5 Å². The molecule has 2 heterocycles. The standard InChI is InChI=1S/C33H43N5O3/c34-19-24-11-13-25(14-12-24)20-35-33(41)36-29-15-17-37(18-16-29)21-28-22-38(23-30(28)26-7-3-1-4-8-26)31(32(39)40)27-9-5-2-6-10-27/h1,3-4,7-8,11-14,27-31H,2,5-6,9-10,15-18,20-23H2,(H,39,40)(H2,35,36,41)/t28-,30+,31+/m0/s1. The van der Waals surface area contributed by atoms with E-state index in [2.05, 4.69) is 50.8 Å². The van der Waals surface area contributed by atoms with E-state index in [9.17, 15) is 14.7 Å². The van der Waals surface area contributed by atoms with Crippen LogP contribution in [0.3, 0.4) is 0 Å². The summed E-state index contributed by atoms with van der Waals surface area (Å²) in [6.45, 7) is 4.84. The zero-order valence-corrected chi connectivity index (χ0v) is 23.9. The largest absolute Gasteiger partial charge is 0.480 e. The molecule has 3 atom stereocenters. The number of hydrogen-bond donors (Lipinski definition) is 3. The summed E-state index contributed by atoms with van der Waals surface area (Å²) in [6.07, 6.45) is 7.36. The van der Waals surface area contributed by atoms with Crippen LogP contribution < -0.4 is 10.6 Å². The van der Waals surface area contributed by atoms with Crippen molar-refractivity contribution in [3.8, 4) is 6.07 Å². The van der Waals surface area contributed by atoms with E-state index in [1.54, 1.807) is 12.1 Å². The van der Waals surface area contributed by atoms with Crippen molar-refractivity contribution in [2.24, 2.45) is 11.8 Å². The number of rotatable bonds is 9. The van der Waals surface area contributed by atoms with Gasteiger partial charge >= 0.3 is 12.0 Å². The molecule has 8 heteroatoms. The van der Waals surface area contributed by atoms with E-state index in [1.165, 1.54) is 12.0 Å². The van der Waals surface area contributed by atoms with Gasteiger partial charge < -0.3 is 20.6 Å². The Morgan fingerprint density at radius 1 is 0.951 bits per heavy atom. The first-order valence-electron chi connectivity index (χ1n) is 15.3. The number of nitriles is 1. The highest BCUT2D eigenvalue weighted by Gasteiger charge is 2.43. The number of carbonyl (C=O) groups excluding carboxylic acids is 1. The van der Waals surface area contributed by atoms with Gasteiger partial charge in [0, 0.05) is 51.2 Å². The van der Waals surface area contributed by atoms with Gasteiger partial charge in [-0.1, -0.05) is 61.7 Å². The van der Waals surface area contributed by atoms with Crippen LogP contribution in [-0.2, 0) is 11.3 Å². The number of likely N-dealkylation sites (tertiary alicyclic amines) is 2. The lowest BCUT2D eigenvalue weighted by Gasteiger charge is -2.35. The van der Waals surface area contributed by atoms with E-state index in [0.717, 1.165) is 76.8 Å². The summed E-state index contributed by atoms with van der Waals surface area (Å²) in [5.74, 6) is 0.295. The molecule has 2 aliphatic heterocycles. The molecule has 1 saturated carbocycles. The Hall–Kier alpha value is -3.41. The molecule has 1 aliphatic carbocycles. The third kappa shape index (κ3) is 7.66. The molecular formula is C33H43N5O3. The normalized spacial score (nSPS) is 23.5. The second-order valence-electron chi connectivity index (χ2n) is 12.1. The maximum absolute atomic E-state index is 12.5. The lowest BCUT2D eigenvalue weighted by Crippen LogP contribution is -2.49. The molecule has 2 amide bonds. The van der Waals surface area contributed by atoms with Crippen LogP contribution in [0.25, 0.3) is 0 Å². The Bertz CT molecular complexity index is 1180. The molecular weight excluding hydrogens is 514 g/mol. The summed E-state index contributed by atoms with van der Waals surface area (Å²) < 4.78 is 0. The smallest absolute Gasteiger partial charge is 0.321 e. The first-order chi connectivity index (χ1) is 20.0. The number of carbonyl (C=O) groups is 2. The van der Waals surface area contributed by atoms with Crippen molar-refractivity contribution < 1.29 is 14.7 Å². The van der Waals surface area contributed by atoms with Crippen LogP contribution in [0.1, 0.15) is 67.6 Å². The van der Waals surface area contributed by atoms with Gasteiger partial charge in [0.2, 0.25) is 0 Å². The minimum Gasteiger partial charge on any atom is -0.480 e. The summed E-state index contributed by atoms with van der Waals surface area (Å²) in [5, 5.41) is 25.3.